The van der Waals surface area contributed by atoms with Crippen molar-refractivity contribution >= 4 is 27.9 Å². The Balaban J connectivity index is 1.49. The topological polar surface area (TPSA) is 139 Å². The lowest BCUT2D eigenvalue weighted by Crippen LogP contribution is -2.45. The molecule has 4 amide bonds. The minimum atomic E-state index is -3.73. The Morgan fingerprint density at radius 2 is 1.81 bits per heavy atom. The zero-order chi connectivity index (χ0) is 19.7. The normalized spacial score (nSPS) is 18.8. The van der Waals surface area contributed by atoms with Crippen LogP contribution in [0.4, 0.5) is 4.79 Å². The maximum atomic E-state index is 12.5. The number of amides is 4. The largest absolute Gasteiger partial charge is 0.354 e. The third-order valence-electron chi connectivity index (χ3n) is 4.99. The standard InChI is InChI=1S/C17H22N4O5S/c18-27(25,26)13-5-3-12(4-6-13)7-10-19-14(22)11-21-15(23)17(20-16(21)24)8-1-2-9-17/h3-6H,1-2,7-11H2,(H,19,22)(H,20,24)(H2,18,25,26). The monoisotopic (exact) mass is 394 g/mol. The van der Waals surface area contributed by atoms with Gasteiger partial charge < -0.3 is 10.6 Å². The average molecular weight is 394 g/mol. The van der Waals surface area contributed by atoms with E-state index in [1.165, 1.54) is 12.1 Å². The first-order valence-electron chi connectivity index (χ1n) is 8.74. The van der Waals surface area contributed by atoms with E-state index in [0.717, 1.165) is 23.3 Å². The Morgan fingerprint density at radius 3 is 2.41 bits per heavy atom. The van der Waals surface area contributed by atoms with Gasteiger partial charge >= 0.3 is 6.03 Å². The third-order valence-corrected chi connectivity index (χ3v) is 5.92. The van der Waals surface area contributed by atoms with E-state index < -0.39 is 27.5 Å². The number of primary sulfonamides is 1. The van der Waals surface area contributed by atoms with Gasteiger partial charge in [-0.2, -0.15) is 0 Å². The summed E-state index contributed by atoms with van der Waals surface area (Å²) >= 11 is 0. The Labute approximate surface area is 157 Å². The van der Waals surface area contributed by atoms with Gasteiger partial charge in [-0.05, 0) is 37.0 Å². The van der Waals surface area contributed by atoms with Crippen molar-refractivity contribution < 1.29 is 22.8 Å². The fourth-order valence-electron chi connectivity index (χ4n) is 3.53. The van der Waals surface area contributed by atoms with Gasteiger partial charge in [0.05, 0.1) is 4.90 Å². The molecule has 1 spiro atoms. The summed E-state index contributed by atoms with van der Waals surface area (Å²) in [5.41, 5.74) is 0.00483. The number of hydrogen-bond acceptors (Lipinski definition) is 5. The molecular formula is C17H22N4O5S. The van der Waals surface area contributed by atoms with Crippen molar-refractivity contribution in [1.29, 1.82) is 0 Å². The Hall–Kier alpha value is -2.46. The molecule has 1 heterocycles. The molecule has 1 aliphatic heterocycles. The molecule has 1 aliphatic carbocycles. The molecule has 1 saturated heterocycles. The summed E-state index contributed by atoms with van der Waals surface area (Å²) in [6.07, 6.45) is 3.47. The maximum absolute atomic E-state index is 12.5. The number of carbonyl (C=O) groups is 3. The molecule has 2 fully saturated rings. The fraction of sp³-hybridized carbons (Fsp3) is 0.471. The Kier molecular flexibility index (Phi) is 5.20. The van der Waals surface area contributed by atoms with Gasteiger partial charge in [-0.15, -0.1) is 0 Å². The van der Waals surface area contributed by atoms with E-state index in [1.54, 1.807) is 12.1 Å². The number of hydrogen-bond donors (Lipinski definition) is 3. The van der Waals surface area contributed by atoms with Crippen molar-refractivity contribution in [3.05, 3.63) is 29.8 Å². The van der Waals surface area contributed by atoms with E-state index >= 15 is 0 Å². The van der Waals surface area contributed by atoms with Crippen LogP contribution in [0.15, 0.2) is 29.2 Å². The van der Waals surface area contributed by atoms with Crippen molar-refractivity contribution in [3.8, 4) is 0 Å². The van der Waals surface area contributed by atoms with Crippen LogP contribution in [0.1, 0.15) is 31.2 Å². The van der Waals surface area contributed by atoms with E-state index in [1.807, 2.05) is 0 Å². The minimum absolute atomic E-state index is 0.0229. The van der Waals surface area contributed by atoms with Crippen molar-refractivity contribution in [2.75, 3.05) is 13.1 Å². The zero-order valence-electron chi connectivity index (χ0n) is 14.7. The molecule has 4 N–H and O–H groups in total. The second-order valence-electron chi connectivity index (χ2n) is 6.90. The molecule has 146 valence electrons. The minimum Gasteiger partial charge on any atom is -0.354 e. The van der Waals surface area contributed by atoms with Gasteiger partial charge in [0.2, 0.25) is 15.9 Å². The second kappa shape index (κ2) is 7.28. The third kappa shape index (κ3) is 4.11. The number of imide groups is 1. The lowest BCUT2D eigenvalue weighted by Gasteiger charge is -2.19. The quantitative estimate of drug-likeness (QED) is 0.576. The predicted molar refractivity (Wildman–Crippen MR) is 96.0 cm³/mol. The molecule has 0 radical (unpaired) electrons. The number of nitrogens with zero attached hydrogens (tertiary/aromatic N) is 1. The highest BCUT2D eigenvalue weighted by Crippen LogP contribution is 2.34. The van der Waals surface area contributed by atoms with E-state index in [2.05, 4.69) is 10.6 Å². The Bertz CT molecular complexity index is 860. The van der Waals surface area contributed by atoms with Crippen LogP contribution >= 0.6 is 0 Å². The molecule has 27 heavy (non-hydrogen) atoms. The van der Waals surface area contributed by atoms with Gasteiger partial charge in [-0.25, -0.2) is 18.4 Å². The number of rotatable bonds is 6. The summed E-state index contributed by atoms with van der Waals surface area (Å²) in [5.74, 6) is -0.742. The Morgan fingerprint density at radius 1 is 1.19 bits per heavy atom. The number of benzene rings is 1. The lowest BCUT2D eigenvalue weighted by atomic mass is 9.98. The van der Waals surface area contributed by atoms with Crippen LogP contribution in [0.25, 0.3) is 0 Å². The zero-order valence-corrected chi connectivity index (χ0v) is 15.5. The number of nitrogens with one attached hydrogen (secondary N) is 2. The summed E-state index contributed by atoms with van der Waals surface area (Å²) in [5, 5.41) is 10.4. The summed E-state index contributed by atoms with van der Waals surface area (Å²) < 4.78 is 22.4. The lowest BCUT2D eigenvalue weighted by molar-refractivity contribution is -0.134. The van der Waals surface area contributed by atoms with Crippen molar-refractivity contribution in [1.82, 2.24) is 15.5 Å². The smallest absolute Gasteiger partial charge is 0.325 e. The van der Waals surface area contributed by atoms with Crippen molar-refractivity contribution in [2.24, 2.45) is 5.14 Å². The molecule has 3 rings (SSSR count). The van der Waals surface area contributed by atoms with Gasteiger partial charge in [-0.3, -0.25) is 14.5 Å². The SMILES string of the molecule is NS(=O)(=O)c1ccc(CCNC(=O)CN2C(=O)NC3(CCCC3)C2=O)cc1. The molecule has 10 heteroatoms. The fourth-order valence-corrected chi connectivity index (χ4v) is 4.04. The van der Waals surface area contributed by atoms with Gasteiger partial charge in [0, 0.05) is 6.54 Å². The molecule has 9 nitrogen and oxygen atoms in total. The van der Waals surface area contributed by atoms with E-state index in [0.29, 0.717) is 25.8 Å². The molecular weight excluding hydrogens is 372 g/mol. The molecule has 0 aromatic heterocycles. The van der Waals surface area contributed by atoms with Crippen LogP contribution < -0.4 is 15.8 Å². The van der Waals surface area contributed by atoms with E-state index in [-0.39, 0.29) is 17.3 Å². The first-order valence-corrected chi connectivity index (χ1v) is 10.3. The van der Waals surface area contributed by atoms with Crippen LogP contribution in [0.3, 0.4) is 0 Å². The molecule has 1 aromatic rings. The first kappa shape index (κ1) is 19.3. The summed E-state index contributed by atoms with van der Waals surface area (Å²) in [4.78, 5) is 37.6. The van der Waals surface area contributed by atoms with Gasteiger partial charge in [0.25, 0.3) is 5.91 Å². The van der Waals surface area contributed by atoms with Gasteiger partial charge in [0.1, 0.15) is 12.1 Å². The van der Waals surface area contributed by atoms with Gasteiger partial charge in [0.15, 0.2) is 0 Å². The number of urea groups is 1. The van der Waals surface area contributed by atoms with Crippen LogP contribution in [0.5, 0.6) is 0 Å². The van der Waals surface area contributed by atoms with Crippen LogP contribution in [0, 0.1) is 0 Å². The first-order chi connectivity index (χ1) is 12.7. The van der Waals surface area contributed by atoms with E-state index in [9.17, 15) is 22.8 Å². The molecule has 0 unspecified atom stereocenters. The van der Waals surface area contributed by atoms with Gasteiger partial charge in [-0.1, -0.05) is 25.0 Å². The number of sulfonamides is 1. The average Bonchev–Trinajstić information content (AvgIpc) is 3.16. The highest BCUT2D eigenvalue weighted by Gasteiger charge is 2.52. The summed E-state index contributed by atoms with van der Waals surface area (Å²) in [6, 6.07) is 5.53. The number of carbonyl (C=O) groups excluding carboxylic acids is 3. The number of nitrogens with two attached hydrogens (primary N) is 1. The highest BCUT2D eigenvalue weighted by atomic mass is 32.2. The summed E-state index contributed by atoms with van der Waals surface area (Å²) in [6.45, 7) is -0.0148. The van der Waals surface area contributed by atoms with Crippen LogP contribution in [0.2, 0.25) is 0 Å². The highest BCUT2D eigenvalue weighted by molar-refractivity contribution is 7.89. The van der Waals surface area contributed by atoms with Crippen LogP contribution in [-0.2, 0) is 26.0 Å². The molecule has 0 atom stereocenters. The molecule has 1 saturated carbocycles. The maximum Gasteiger partial charge on any atom is 0.325 e. The van der Waals surface area contributed by atoms with E-state index in [4.69, 9.17) is 5.14 Å². The van der Waals surface area contributed by atoms with Crippen molar-refractivity contribution in [2.45, 2.75) is 42.5 Å². The second-order valence-corrected chi connectivity index (χ2v) is 8.46. The molecule has 1 aromatic carbocycles. The molecule has 0 bridgehead atoms. The predicted octanol–water partition coefficient (Wildman–Crippen LogP) is -0.143. The molecule has 2 aliphatic rings. The summed E-state index contributed by atoms with van der Waals surface area (Å²) in [7, 11) is -3.73. The van der Waals surface area contributed by atoms with Crippen LogP contribution in [-0.4, -0.2) is 49.8 Å². The van der Waals surface area contributed by atoms with Crippen molar-refractivity contribution in [3.63, 3.8) is 0 Å².